The average molecular weight is 354 g/mol. The molecular formula is C20H18O6. The number of benzene rings is 2. The van der Waals surface area contributed by atoms with E-state index in [1.807, 2.05) is 0 Å². The first-order valence-corrected chi connectivity index (χ1v) is 7.99. The van der Waals surface area contributed by atoms with E-state index in [0.717, 1.165) is 0 Å². The molecule has 1 heterocycles. The van der Waals surface area contributed by atoms with Crippen molar-refractivity contribution in [2.75, 3.05) is 13.7 Å². The molecule has 0 radical (unpaired) electrons. The van der Waals surface area contributed by atoms with Crippen molar-refractivity contribution in [3.63, 3.8) is 0 Å². The normalized spacial score (nSPS) is 10.6. The highest BCUT2D eigenvalue weighted by Gasteiger charge is 2.14. The predicted octanol–water partition coefficient (Wildman–Crippen LogP) is 3.87. The number of aryl methyl sites for hydroxylation is 1. The summed E-state index contributed by atoms with van der Waals surface area (Å²) in [7, 11) is 1.58. The van der Waals surface area contributed by atoms with Crippen LogP contribution >= 0.6 is 0 Å². The maximum Gasteiger partial charge on any atom is 0.235 e. The van der Waals surface area contributed by atoms with Crippen molar-refractivity contribution in [1.82, 2.24) is 0 Å². The molecule has 3 aromatic rings. The minimum Gasteiger partial charge on any atom is -0.497 e. The molecule has 2 aromatic carbocycles. The summed E-state index contributed by atoms with van der Waals surface area (Å²) in [5, 5.41) is 0.370. The summed E-state index contributed by atoms with van der Waals surface area (Å²) in [4.78, 5) is 23.8. The molecule has 0 bridgehead atoms. The number of carbonyl (C=O) groups excluding carboxylic acids is 1. The van der Waals surface area contributed by atoms with E-state index >= 15 is 0 Å². The number of ether oxygens (including phenoxy) is 3. The molecule has 0 amide bonds. The topological polar surface area (TPSA) is 75.0 Å². The van der Waals surface area contributed by atoms with Gasteiger partial charge in [0.25, 0.3) is 0 Å². The van der Waals surface area contributed by atoms with E-state index in [-0.39, 0.29) is 23.6 Å². The number of hydrogen-bond acceptors (Lipinski definition) is 6. The van der Waals surface area contributed by atoms with Gasteiger partial charge in [-0.1, -0.05) is 0 Å². The van der Waals surface area contributed by atoms with Crippen molar-refractivity contribution in [3.05, 3.63) is 58.4 Å². The Kier molecular flexibility index (Phi) is 4.93. The minimum absolute atomic E-state index is 0.0343. The smallest absolute Gasteiger partial charge is 0.235 e. The lowest BCUT2D eigenvalue weighted by atomic mass is 10.2. The first-order valence-electron chi connectivity index (χ1n) is 7.99. The van der Waals surface area contributed by atoms with Crippen LogP contribution in [0.15, 0.2) is 51.7 Å². The van der Waals surface area contributed by atoms with Crippen molar-refractivity contribution >= 4 is 16.8 Å². The van der Waals surface area contributed by atoms with Gasteiger partial charge in [-0.05, 0) is 50.2 Å². The highest BCUT2D eigenvalue weighted by Crippen LogP contribution is 2.28. The molecule has 134 valence electrons. The number of hydrogen-bond donors (Lipinski definition) is 0. The van der Waals surface area contributed by atoms with Crippen molar-refractivity contribution < 1.29 is 23.4 Å². The zero-order valence-electron chi connectivity index (χ0n) is 14.7. The van der Waals surface area contributed by atoms with Gasteiger partial charge in [0.2, 0.25) is 11.2 Å². The third-order valence-corrected chi connectivity index (χ3v) is 3.71. The van der Waals surface area contributed by atoms with Gasteiger partial charge < -0.3 is 18.6 Å². The Morgan fingerprint density at radius 3 is 2.35 bits per heavy atom. The Labute approximate surface area is 149 Å². The van der Waals surface area contributed by atoms with Gasteiger partial charge in [-0.3, -0.25) is 9.59 Å². The number of carbonyl (C=O) groups is 1. The maximum atomic E-state index is 12.7. The molecule has 0 unspecified atom stereocenters. The van der Waals surface area contributed by atoms with Crippen molar-refractivity contribution in [3.8, 4) is 23.0 Å². The van der Waals surface area contributed by atoms with Crippen LogP contribution < -0.4 is 19.6 Å². The second-order valence-corrected chi connectivity index (χ2v) is 5.74. The monoisotopic (exact) mass is 354 g/mol. The van der Waals surface area contributed by atoms with Crippen LogP contribution in [0.2, 0.25) is 0 Å². The number of Topliss-reactive ketones (excluding diaryl/α,β-unsaturated/α-hetero) is 1. The van der Waals surface area contributed by atoms with Crippen molar-refractivity contribution in [2.24, 2.45) is 0 Å². The molecule has 3 rings (SSSR count). The van der Waals surface area contributed by atoms with Gasteiger partial charge in [-0.25, -0.2) is 0 Å². The van der Waals surface area contributed by atoms with Gasteiger partial charge >= 0.3 is 0 Å². The Morgan fingerprint density at radius 2 is 1.69 bits per heavy atom. The summed E-state index contributed by atoms with van der Waals surface area (Å²) in [6, 6.07) is 11.7. The molecule has 1 aromatic heterocycles. The van der Waals surface area contributed by atoms with Gasteiger partial charge in [-0.15, -0.1) is 0 Å². The fourth-order valence-corrected chi connectivity index (χ4v) is 2.42. The van der Waals surface area contributed by atoms with Crippen molar-refractivity contribution in [1.29, 1.82) is 0 Å². The molecule has 0 fully saturated rings. The van der Waals surface area contributed by atoms with Crippen LogP contribution in [0.5, 0.6) is 23.0 Å². The molecule has 26 heavy (non-hydrogen) atoms. The van der Waals surface area contributed by atoms with E-state index in [1.54, 1.807) is 56.5 Å². The van der Waals surface area contributed by atoms with E-state index in [0.29, 0.717) is 34.0 Å². The summed E-state index contributed by atoms with van der Waals surface area (Å²) in [6.45, 7) is 3.06. The van der Waals surface area contributed by atoms with Gasteiger partial charge in [-0.2, -0.15) is 0 Å². The third kappa shape index (κ3) is 3.69. The van der Waals surface area contributed by atoms with E-state index in [1.165, 1.54) is 6.92 Å². The standard InChI is InChI=1S/C20H18O6/c1-12(21)11-24-16-8-9-17-18(10-16)25-13(2)20(19(17)22)26-15-6-4-14(23-3)5-7-15/h4-10H,11H2,1-3H3. The second-order valence-electron chi connectivity index (χ2n) is 5.74. The number of rotatable bonds is 6. The lowest BCUT2D eigenvalue weighted by Crippen LogP contribution is -2.09. The molecular weight excluding hydrogens is 336 g/mol. The molecule has 0 saturated heterocycles. The SMILES string of the molecule is COc1ccc(Oc2c(C)oc3cc(OCC(C)=O)ccc3c2=O)cc1. The molecule has 0 spiro atoms. The quantitative estimate of drug-likeness (QED) is 0.669. The van der Waals surface area contributed by atoms with E-state index < -0.39 is 0 Å². The Morgan fingerprint density at radius 1 is 1.04 bits per heavy atom. The van der Waals surface area contributed by atoms with E-state index in [2.05, 4.69) is 0 Å². The summed E-state index contributed by atoms with van der Waals surface area (Å²) in [6.07, 6.45) is 0. The largest absolute Gasteiger partial charge is 0.497 e. The first kappa shape index (κ1) is 17.5. The lowest BCUT2D eigenvalue weighted by Gasteiger charge is -2.10. The van der Waals surface area contributed by atoms with Gasteiger partial charge in [0.15, 0.2) is 5.78 Å². The maximum absolute atomic E-state index is 12.7. The van der Waals surface area contributed by atoms with Crippen LogP contribution in [0, 0.1) is 6.92 Å². The highest BCUT2D eigenvalue weighted by molar-refractivity contribution is 5.80. The third-order valence-electron chi connectivity index (χ3n) is 3.71. The minimum atomic E-state index is -0.280. The van der Waals surface area contributed by atoms with E-state index in [9.17, 15) is 9.59 Å². The zero-order chi connectivity index (χ0) is 18.7. The molecule has 0 aliphatic carbocycles. The Bertz CT molecular complexity index is 1000. The average Bonchev–Trinajstić information content (AvgIpc) is 2.63. The highest BCUT2D eigenvalue weighted by atomic mass is 16.5. The van der Waals surface area contributed by atoms with Crippen LogP contribution in [0.1, 0.15) is 12.7 Å². The number of methoxy groups -OCH3 is 1. The Hall–Kier alpha value is -3.28. The summed E-state index contributed by atoms with van der Waals surface area (Å²) in [5.41, 5.74) is 0.0910. The number of fused-ring (bicyclic) bond motifs is 1. The van der Waals surface area contributed by atoms with Gasteiger partial charge in [0, 0.05) is 6.07 Å². The second kappa shape index (κ2) is 7.31. The fraction of sp³-hybridized carbons (Fsp3) is 0.200. The lowest BCUT2D eigenvalue weighted by molar-refractivity contribution is -0.118. The van der Waals surface area contributed by atoms with Gasteiger partial charge in [0.1, 0.15) is 35.2 Å². The summed E-state index contributed by atoms with van der Waals surface area (Å²) >= 11 is 0. The van der Waals surface area contributed by atoms with E-state index in [4.69, 9.17) is 18.6 Å². The molecule has 0 atom stereocenters. The van der Waals surface area contributed by atoms with Crippen molar-refractivity contribution in [2.45, 2.75) is 13.8 Å². The first-order chi connectivity index (χ1) is 12.5. The molecule has 6 nitrogen and oxygen atoms in total. The van der Waals surface area contributed by atoms with Crippen LogP contribution in [-0.2, 0) is 4.79 Å². The van der Waals surface area contributed by atoms with Gasteiger partial charge in [0.05, 0.1) is 12.5 Å². The molecule has 0 N–H and O–H groups in total. The number of ketones is 1. The molecule has 0 saturated carbocycles. The fourth-order valence-electron chi connectivity index (χ4n) is 2.42. The molecule has 0 aliphatic heterocycles. The van der Waals surface area contributed by atoms with Crippen LogP contribution in [0.4, 0.5) is 0 Å². The van der Waals surface area contributed by atoms with Crippen LogP contribution in [0.3, 0.4) is 0 Å². The van der Waals surface area contributed by atoms with Crippen LogP contribution in [0.25, 0.3) is 11.0 Å². The van der Waals surface area contributed by atoms with Crippen LogP contribution in [-0.4, -0.2) is 19.5 Å². The molecule has 6 heteroatoms. The summed E-state index contributed by atoms with van der Waals surface area (Å²) in [5.74, 6) is 2.03. The Balaban J connectivity index is 1.95. The summed E-state index contributed by atoms with van der Waals surface area (Å²) < 4.78 is 21.9. The molecule has 0 aliphatic rings. The zero-order valence-corrected chi connectivity index (χ0v) is 14.7. The predicted molar refractivity (Wildman–Crippen MR) is 96.5 cm³/mol.